The molecule has 0 spiro atoms. The lowest BCUT2D eigenvalue weighted by molar-refractivity contribution is -0.121. The lowest BCUT2D eigenvalue weighted by atomic mass is 10.2. The number of carbonyl (C=O) groups excluding carboxylic acids is 2. The van der Waals surface area contributed by atoms with Crippen LogP contribution >= 0.6 is 23.6 Å². The van der Waals surface area contributed by atoms with Crippen LogP contribution in [0.1, 0.15) is 12.1 Å². The van der Waals surface area contributed by atoms with Crippen LogP contribution in [0.2, 0.25) is 0 Å². The normalized spacial score (nSPS) is 13.2. The molecule has 0 unspecified atom stereocenters. The minimum absolute atomic E-state index is 0.0286. The van der Waals surface area contributed by atoms with Crippen LogP contribution in [0.15, 0.2) is 24.3 Å². The zero-order valence-corrected chi connectivity index (χ0v) is 17.4. The third-order valence-corrected chi connectivity index (χ3v) is 5.93. The number of hydrogen-bond acceptors (Lipinski definition) is 7. The summed E-state index contributed by atoms with van der Waals surface area (Å²) in [5.74, 6) is 0.911. The van der Waals surface area contributed by atoms with Crippen LogP contribution in [-0.2, 0) is 16.6 Å². The summed E-state index contributed by atoms with van der Waals surface area (Å²) in [5, 5.41) is 10.2. The minimum Gasteiger partial charge on any atom is -0.482 e. The van der Waals surface area contributed by atoms with E-state index < -0.39 is 0 Å². The molecule has 1 aliphatic rings. The number of para-hydroxylation sites is 2. The summed E-state index contributed by atoms with van der Waals surface area (Å²) in [6.45, 7) is 2.08. The lowest BCUT2D eigenvalue weighted by Gasteiger charge is -2.29. The van der Waals surface area contributed by atoms with Crippen LogP contribution in [0.4, 0.5) is 10.8 Å². The Bertz CT molecular complexity index is 1150. The molecule has 2 aromatic heterocycles. The Hall–Kier alpha value is -3.05. The Balaban J connectivity index is 1.43. The highest BCUT2D eigenvalue weighted by Crippen LogP contribution is 2.32. The van der Waals surface area contributed by atoms with Gasteiger partial charge in [-0.3, -0.25) is 14.7 Å². The number of amides is 2. The van der Waals surface area contributed by atoms with Crippen molar-refractivity contribution in [3.05, 3.63) is 34.7 Å². The first-order valence-corrected chi connectivity index (χ1v) is 10.1. The number of carbonyl (C=O) groups is 2. The van der Waals surface area contributed by atoms with Gasteiger partial charge in [-0.05, 0) is 31.3 Å². The molecular formula is C18H18N6O3S2. The number of hydrogen-bond donors (Lipinski definition) is 2. The Labute approximate surface area is 175 Å². The molecule has 3 aromatic rings. The van der Waals surface area contributed by atoms with Gasteiger partial charge >= 0.3 is 0 Å². The second kappa shape index (κ2) is 7.76. The smallest absolute Gasteiger partial charge is 0.265 e. The Morgan fingerprint density at radius 2 is 2.21 bits per heavy atom. The molecule has 4 rings (SSSR count). The number of aromatic amines is 1. The minimum atomic E-state index is -0.225. The monoisotopic (exact) mass is 430 g/mol. The van der Waals surface area contributed by atoms with Gasteiger partial charge in [0.25, 0.3) is 5.91 Å². The predicted octanol–water partition coefficient (Wildman–Crippen LogP) is 2.66. The SMILES string of the molecule is Cc1nc(NC(=O)CCN2C(=O)COc3ccccc32)sc1-c1n[nH]c(=S)n1C. The van der Waals surface area contributed by atoms with Gasteiger partial charge in [-0.2, -0.15) is 5.10 Å². The van der Waals surface area contributed by atoms with E-state index in [0.717, 1.165) is 10.6 Å². The molecule has 0 fully saturated rings. The van der Waals surface area contributed by atoms with Gasteiger partial charge in [-0.15, -0.1) is 0 Å². The van der Waals surface area contributed by atoms with E-state index in [9.17, 15) is 9.59 Å². The maximum absolute atomic E-state index is 12.4. The molecule has 1 aromatic carbocycles. The fourth-order valence-corrected chi connectivity index (χ4v) is 4.14. The van der Waals surface area contributed by atoms with E-state index in [1.165, 1.54) is 11.3 Å². The van der Waals surface area contributed by atoms with Crippen LogP contribution in [0.25, 0.3) is 10.7 Å². The van der Waals surface area contributed by atoms with Gasteiger partial charge in [-0.25, -0.2) is 4.98 Å². The number of nitrogens with zero attached hydrogens (tertiary/aromatic N) is 4. The van der Waals surface area contributed by atoms with Crippen LogP contribution in [0, 0.1) is 11.7 Å². The largest absolute Gasteiger partial charge is 0.482 e. The molecule has 0 radical (unpaired) electrons. The van der Waals surface area contributed by atoms with E-state index in [2.05, 4.69) is 20.5 Å². The lowest BCUT2D eigenvalue weighted by Crippen LogP contribution is -2.40. The molecule has 3 heterocycles. The van der Waals surface area contributed by atoms with Gasteiger partial charge in [-0.1, -0.05) is 23.5 Å². The molecule has 0 atom stereocenters. The number of aromatic nitrogens is 4. The number of fused-ring (bicyclic) bond motifs is 1. The molecule has 2 amide bonds. The molecule has 2 N–H and O–H groups in total. The maximum atomic E-state index is 12.4. The number of ether oxygens (including phenoxy) is 1. The molecule has 150 valence electrons. The van der Waals surface area contributed by atoms with Crippen molar-refractivity contribution in [1.82, 2.24) is 19.7 Å². The van der Waals surface area contributed by atoms with Gasteiger partial charge in [0.2, 0.25) is 5.91 Å². The van der Waals surface area contributed by atoms with Crippen LogP contribution < -0.4 is 15.0 Å². The van der Waals surface area contributed by atoms with Gasteiger partial charge in [0.05, 0.1) is 16.3 Å². The Morgan fingerprint density at radius 3 is 2.97 bits per heavy atom. The fourth-order valence-electron chi connectivity index (χ4n) is 3.00. The van der Waals surface area contributed by atoms with Crippen molar-refractivity contribution < 1.29 is 14.3 Å². The van der Waals surface area contributed by atoms with Crippen LogP contribution in [-0.4, -0.2) is 44.7 Å². The van der Waals surface area contributed by atoms with Crippen molar-refractivity contribution in [2.75, 3.05) is 23.4 Å². The summed E-state index contributed by atoms with van der Waals surface area (Å²) in [4.78, 5) is 31.5. The quantitative estimate of drug-likeness (QED) is 0.603. The topological polar surface area (TPSA) is 105 Å². The number of benzene rings is 1. The first-order valence-electron chi connectivity index (χ1n) is 8.85. The van der Waals surface area contributed by atoms with E-state index in [-0.39, 0.29) is 31.4 Å². The van der Waals surface area contributed by atoms with Crippen molar-refractivity contribution in [2.24, 2.45) is 7.05 Å². The average molecular weight is 431 g/mol. The van der Waals surface area contributed by atoms with Crippen molar-refractivity contribution in [3.63, 3.8) is 0 Å². The van der Waals surface area contributed by atoms with E-state index in [1.807, 2.05) is 26.1 Å². The first-order chi connectivity index (χ1) is 13.9. The standard InChI is InChI=1S/C18H18N6O3S2/c1-10-15(16-21-22-18(28)23(16)2)29-17(19-10)20-13(25)7-8-24-11-5-3-4-6-12(11)27-9-14(24)26/h3-6H,7-9H2,1-2H3,(H,22,28)(H,19,20,25). The summed E-state index contributed by atoms with van der Waals surface area (Å²) in [6, 6.07) is 7.28. The summed E-state index contributed by atoms with van der Waals surface area (Å²) >= 11 is 6.47. The highest BCUT2D eigenvalue weighted by Gasteiger charge is 2.25. The molecule has 0 aliphatic carbocycles. The van der Waals surface area contributed by atoms with Crippen molar-refractivity contribution in [2.45, 2.75) is 13.3 Å². The average Bonchev–Trinajstić information content (AvgIpc) is 3.22. The second-order valence-corrected chi connectivity index (χ2v) is 7.83. The highest BCUT2D eigenvalue weighted by atomic mass is 32.1. The molecule has 11 heteroatoms. The number of thiazole rings is 1. The van der Waals surface area contributed by atoms with Crippen LogP contribution in [0.3, 0.4) is 0 Å². The van der Waals surface area contributed by atoms with Crippen molar-refractivity contribution in [1.29, 1.82) is 0 Å². The molecule has 29 heavy (non-hydrogen) atoms. The van der Waals surface area contributed by atoms with Gasteiger partial charge in [0.15, 0.2) is 22.3 Å². The van der Waals surface area contributed by atoms with E-state index in [0.29, 0.717) is 27.2 Å². The van der Waals surface area contributed by atoms with E-state index in [1.54, 1.807) is 21.6 Å². The number of nitrogens with one attached hydrogen (secondary N) is 2. The number of anilines is 2. The molecule has 1 aliphatic heterocycles. The van der Waals surface area contributed by atoms with Gasteiger partial charge < -0.3 is 19.5 Å². The molecule has 9 nitrogen and oxygen atoms in total. The zero-order chi connectivity index (χ0) is 20.5. The third kappa shape index (κ3) is 3.78. The molecule has 0 saturated heterocycles. The second-order valence-electron chi connectivity index (χ2n) is 6.44. The highest BCUT2D eigenvalue weighted by molar-refractivity contribution is 7.71. The summed E-state index contributed by atoms with van der Waals surface area (Å²) in [6.07, 6.45) is 0.139. The summed E-state index contributed by atoms with van der Waals surface area (Å²) < 4.78 is 7.68. The maximum Gasteiger partial charge on any atom is 0.265 e. The first kappa shape index (κ1) is 19.3. The van der Waals surface area contributed by atoms with Crippen molar-refractivity contribution in [3.8, 4) is 16.5 Å². The van der Waals surface area contributed by atoms with E-state index >= 15 is 0 Å². The number of H-pyrrole nitrogens is 1. The third-order valence-electron chi connectivity index (χ3n) is 4.50. The molecular weight excluding hydrogens is 412 g/mol. The van der Waals surface area contributed by atoms with E-state index in [4.69, 9.17) is 17.0 Å². The zero-order valence-electron chi connectivity index (χ0n) is 15.8. The van der Waals surface area contributed by atoms with Crippen LogP contribution in [0.5, 0.6) is 5.75 Å². The Kier molecular flexibility index (Phi) is 5.16. The van der Waals surface area contributed by atoms with Gasteiger partial charge in [0, 0.05) is 20.0 Å². The Morgan fingerprint density at radius 1 is 1.41 bits per heavy atom. The predicted molar refractivity (Wildman–Crippen MR) is 112 cm³/mol. The molecule has 0 saturated carbocycles. The summed E-state index contributed by atoms with van der Waals surface area (Å²) in [7, 11) is 1.82. The molecule has 0 bridgehead atoms. The van der Waals surface area contributed by atoms with Gasteiger partial charge in [0.1, 0.15) is 5.75 Å². The van der Waals surface area contributed by atoms with Crippen molar-refractivity contribution >= 4 is 46.2 Å². The summed E-state index contributed by atoms with van der Waals surface area (Å²) in [5.41, 5.74) is 1.43. The number of rotatable bonds is 5. The number of aryl methyl sites for hydroxylation is 1. The fraction of sp³-hybridized carbons (Fsp3) is 0.278.